The van der Waals surface area contributed by atoms with Crippen molar-refractivity contribution in [2.75, 3.05) is 0 Å². The summed E-state index contributed by atoms with van der Waals surface area (Å²) in [5.74, 6) is -1.20. The van der Waals surface area contributed by atoms with Crippen LogP contribution in [0.1, 0.15) is 32.3 Å². The highest BCUT2D eigenvalue weighted by Crippen LogP contribution is 2.33. The largest absolute Gasteiger partial charge is 0.379 e. The van der Waals surface area contributed by atoms with Crippen LogP contribution in [0.2, 0.25) is 0 Å². The van der Waals surface area contributed by atoms with E-state index in [1.807, 2.05) is 37.3 Å². The van der Waals surface area contributed by atoms with Gasteiger partial charge in [-0.05, 0) is 11.5 Å². The van der Waals surface area contributed by atoms with Gasteiger partial charge in [-0.25, -0.2) is 5.14 Å². The maximum atomic E-state index is 11.4. The third kappa shape index (κ3) is 6.21. The molecule has 0 bridgehead atoms. The second-order valence-corrected chi connectivity index (χ2v) is 6.02. The minimum Gasteiger partial charge on any atom is -0.379 e. The summed E-state index contributed by atoms with van der Waals surface area (Å²) in [4.78, 5) is 11.4. The molecule has 0 radical (unpaired) electrons. The van der Waals surface area contributed by atoms with Crippen molar-refractivity contribution in [2.45, 2.75) is 32.3 Å². The van der Waals surface area contributed by atoms with E-state index in [-0.39, 0.29) is 11.8 Å². The Kier molecular flexibility index (Phi) is 6.98. The average Bonchev–Trinajstić information content (AvgIpc) is 2.35. The van der Waals surface area contributed by atoms with Crippen molar-refractivity contribution in [3.8, 4) is 0 Å². The molecule has 1 aromatic rings. The number of primary amides is 1. The van der Waals surface area contributed by atoms with E-state index in [9.17, 15) is 9.90 Å². The van der Waals surface area contributed by atoms with Crippen LogP contribution in [0.25, 0.3) is 0 Å². The minimum atomic E-state index is -4.17. The SMILES string of the molecule is CC(C)C(O)(C(N)=O)C(C)c1ccccc1.NS(=O)(=O)O. The van der Waals surface area contributed by atoms with Crippen molar-refractivity contribution in [3.05, 3.63) is 35.9 Å². The van der Waals surface area contributed by atoms with E-state index in [2.05, 4.69) is 5.14 Å². The molecule has 1 aromatic carbocycles. The number of aliphatic hydroxyl groups is 1. The first kappa shape index (κ1) is 19.5. The summed E-state index contributed by atoms with van der Waals surface area (Å²) in [6.45, 7) is 5.41. The number of benzene rings is 1. The third-order valence-electron chi connectivity index (χ3n) is 3.23. The summed E-state index contributed by atoms with van der Waals surface area (Å²) in [6.07, 6.45) is 0. The summed E-state index contributed by atoms with van der Waals surface area (Å²) < 4.78 is 25.2. The number of nitrogens with two attached hydrogens (primary N) is 2. The molecule has 2 unspecified atom stereocenters. The van der Waals surface area contributed by atoms with Gasteiger partial charge in [0.05, 0.1) is 0 Å². The first-order valence-electron chi connectivity index (χ1n) is 6.23. The number of rotatable bonds is 4. The molecular formula is C13H22N2O5S. The lowest BCUT2D eigenvalue weighted by Crippen LogP contribution is -2.52. The molecule has 0 saturated carbocycles. The Morgan fingerprint density at radius 3 is 1.86 bits per heavy atom. The van der Waals surface area contributed by atoms with E-state index >= 15 is 0 Å². The molecule has 0 aliphatic rings. The molecule has 0 aromatic heterocycles. The molecule has 1 amide bonds. The van der Waals surface area contributed by atoms with Crippen molar-refractivity contribution in [1.82, 2.24) is 0 Å². The summed E-state index contributed by atoms with van der Waals surface area (Å²) in [5.41, 5.74) is 4.74. The summed E-state index contributed by atoms with van der Waals surface area (Å²) in [7, 11) is -4.17. The van der Waals surface area contributed by atoms with Crippen molar-refractivity contribution < 1.29 is 22.9 Å². The molecule has 0 heterocycles. The van der Waals surface area contributed by atoms with E-state index in [0.29, 0.717) is 0 Å². The normalized spacial score (nSPS) is 15.6. The van der Waals surface area contributed by atoms with E-state index in [1.54, 1.807) is 13.8 Å². The summed E-state index contributed by atoms with van der Waals surface area (Å²) >= 11 is 0. The van der Waals surface area contributed by atoms with Gasteiger partial charge >= 0.3 is 10.3 Å². The fraction of sp³-hybridized carbons (Fsp3) is 0.462. The van der Waals surface area contributed by atoms with Crippen LogP contribution in [-0.4, -0.2) is 29.6 Å². The standard InChI is InChI=1S/C13H19NO2.H3NO3S/c1-9(2)13(16,12(14)15)10(3)11-7-5-4-6-8-11;1-5(2,3)4/h4-10,16H,1-3H3,(H2,14,15);(H3,1,2,3,4). The Morgan fingerprint density at radius 2 is 1.57 bits per heavy atom. The smallest absolute Gasteiger partial charge is 0.330 e. The van der Waals surface area contributed by atoms with E-state index < -0.39 is 21.8 Å². The van der Waals surface area contributed by atoms with Gasteiger partial charge in [-0.2, -0.15) is 8.42 Å². The Balaban J connectivity index is 0.000000690. The lowest BCUT2D eigenvalue weighted by Gasteiger charge is -2.35. The second kappa shape index (κ2) is 7.51. The molecule has 6 N–H and O–H groups in total. The fourth-order valence-electron chi connectivity index (χ4n) is 1.99. The zero-order chi connectivity index (χ0) is 16.8. The molecule has 0 saturated heterocycles. The van der Waals surface area contributed by atoms with E-state index in [0.717, 1.165) is 5.56 Å². The first-order chi connectivity index (χ1) is 9.40. The van der Waals surface area contributed by atoms with Gasteiger partial charge in [-0.3, -0.25) is 9.35 Å². The molecule has 7 nitrogen and oxygen atoms in total. The number of carbonyl (C=O) groups excluding carboxylic acids is 1. The topological polar surface area (TPSA) is 144 Å². The monoisotopic (exact) mass is 318 g/mol. The highest BCUT2D eigenvalue weighted by Gasteiger charge is 2.43. The molecule has 2 atom stereocenters. The van der Waals surface area contributed by atoms with Gasteiger partial charge in [-0.15, -0.1) is 0 Å². The maximum absolute atomic E-state index is 11.4. The zero-order valence-electron chi connectivity index (χ0n) is 12.2. The molecule has 120 valence electrons. The van der Waals surface area contributed by atoms with E-state index in [4.69, 9.17) is 18.7 Å². The van der Waals surface area contributed by atoms with Gasteiger partial charge in [0, 0.05) is 5.92 Å². The Labute approximate surface area is 124 Å². The minimum absolute atomic E-state index is 0.222. The Bertz CT molecular complexity index is 551. The lowest BCUT2D eigenvalue weighted by molar-refractivity contribution is -0.143. The van der Waals surface area contributed by atoms with Gasteiger partial charge in [0.1, 0.15) is 0 Å². The predicted molar refractivity (Wildman–Crippen MR) is 79.6 cm³/mol. The van der Waals surface area contributed by atoms with Gasteiger partial charge < -0.3 is 10.8 Å². The average molecular weight is 318 g/mol. The quantitative estimate of drug-likeness (QED) is 0.594. The Hall–Kier alpha value is -1.48. The van der Waals surface area contributed by atoms with Crippen molar-refractivity contribution in [1.29, 1.82) is 0 Å². The highest BCUT2D eigenvalue weighted by molar-refractivity contribution is 7.83. The van der Waals surface area contributed by atoms with Crippen LogP contribution in [0.15, 0.2) is 30.3 Å². The van der Waals surface area contributed by atoms with Gasteiger partial charge in [0.15, 0.2) is 5.60 Å². The number of hydrogen-bond donors (Lipinski definition) is 4. The van der Waals surface area contributed by atoms with Crippen molar-refractivity contribution in [3.63, 3.8) is 0 Å². The molecule has 8 heteroatoms. The number of hydrogen-bond acceptors (Lipinski definition) is 4. The van der Waals surface area contributed by atoms with Crippen LogP contribution in [0.3, 0.4) is 0 Å². The predicted octanol–water partition coefficient (Wildman–Crippen LogP) is 0.410. The van der Waals surface area contributed by atoms with Gasteiger partial charge in [0.25, 0.3) is 0 Å². The van der Waals surface area contributed by atoms with Gasteiger partial charge in [-0.1, -0.05) is 51.1 Å². The lowest BCUT2D eigenvalue weighted by atomic mass is 9.75. The Morgan fingerprint density at radius 1 is 1.19 bits per heavy atom. The molecule has 1 rings (SSSR count). The van der Waals surface area contributed by atoms with Crippen LogP contribution >= 0.6 is 0 Å². The maximum Gasteiger partial charge on any atom is 0.330 e. The highest BCUT2D eigenvalue weighted by atomic mass is 32.2. The van der Waals surface area contributed by atoms with Crippen LogP contribution in [-0.2, 0) is 15.1 Å². The van der Waals surface area contributed by atoms with Crippen LogP contribution in [0.5, 0.6) is 0 Å². The summed E-state index contributed by atoms with van der Waals surface area (Å²) in [6, 6.07) is 9.44. The van der Waals surface area contributed by atoms with Crippen molar-refractivity contribution in [2.24, 2.45) is 16.8 Å². The van der Waals surface area contributed by atoms with Gasteiger partial charge in [0.2, 0.25) is 5.91 Å². The number of carbonyl (C=O) groups is 1. The van der Waals surface area contributed by atoms with Crippen LogP contribution < -0.4 is 10.9 Å². The number of amides is 1. The van der Waals surface area contributed by atoms with Crippen LogP contribution in [0.4, 0.5) is 0 Å². The molecule has 0 aliphatic heterocycles. The molecule has 0 spiro atoms. The van der Waals surface area contributed by atoms with Crippen molar-refractivity contribution >= 4 is 16.2 Å². The molecular weight excluding hydrogens is 296 g/mol. The molecule has 21 heavy (non-hydrogen) atoms. The third-order valence-corrected chi connectivity index (χ3v) is 3.23. The van der Waals surface area contributed by atoms with Crippen LogP contribution in [0, 0.1) is 5.92 Å². The second-order valence-electron chi connectivity index (χ2n) is 4.99. The first-order valence-corrected chi connectivity index (χ1v) is 7.73. The van der Waals surface area contributed by atoms with E-state index in [1.165, 1.54) is 0 Å². The summed E-state index contributed by atoms with van der Waals surface area (Å²) in [5, 5.41) is 14.3. The molecule has 0 aliphatic carbocycles. The fourth-order valence-corrected chi connectivity index (χ4v) is 1.99. The zero-order valence-corrected chi connectivity index (χ0v) is 13.0. The molecule has 0 fully saturated rings.